The van der Waals surface area contributed by atoms with Crippen molar-refractivity contribution in [3.8, 4) is 0 Å². The highest BCUT2D eigenvalue weighted by Gasteiger charge is 2.06. The van der Waals surface area contributed by atoms with Gasteiger partial charge in [0.25, 0.3) is 0 Å². The van der Waals surface area contributed by atoms with Crippen molar-refractivity contribution in [1.82, 2.24) is 9.55 Å². The van der Waals surface area contributed by atoms with Crippen LogP contribution in [0.4, 0.5) is 0 Å². The van der Waals surface area contributed by atoms with Crippen molar-refractivity contribution < 1.29 is 4.79 Å². The molecule has 0 amide bonds. The average molecular weight is 214 g/mol. The van der Waals surface area contributed by atoms with Gasteiger partial charge in [-0.15, -0.1) is 0 Å². The largest absolute Gasteiger partial charge is 0.276 e. The van der Waals surface area contributed by atoms with Gasteiger partial charge < -0.3 is 0 Å². The van der Waals surface area contributed by atoms with Gasteiger partial charge in [-0.05, 0) is 12.0 Å². The first-order chi connectivity index (χ1) is 7.79. The number of benzene rings is 1. The zero-order valence-electron chi connectivity index (χ0n) is 9.26. The third-order valence-corrected chi connectivity index (χ3v) is 2.48. The van der Waals surface area contributed by atoms with Crippen LogP contribution in [0.15, 0.2) is 42.9 Å². The van der Waals surface area contributed by atoms with E-state index in [2.05, 4.69) is 4.98 Å². The molecule has 0 unspecified atom stereocenters. The van der Waals surface area contributed by atoms with Crippen LogP contribution < -0.4 is 0 Å². The van der Waals surface area contributed by atoms with E-state index < -0.39 is 0 Å². The lowest BCUT2D eigenvalue weighted by molar-refractivity contribution is 0.0914. The van der Waals surface area contributed by atoms with E-state index in [0.717, 1.165) is 17.7 Å². The average Bonchev–Trinajstić information content (AvgIpc) is 2.79. The van der Waals surface area contributed by atoms with E-state index in [9.17, 15) is 4.79 Å². The van der Waals surface area contributed by atoms with Crippen LogP contribution in [0.25, 0.3) is 0 Å². The van der Waals surface area contributed by atoms with Crippen LogP contribution in [-0.4, -0.2) is 15.5 Å². The van der Waals surface area contributed by atoms with Crippen molar-refractivity contribution in [3.63, 3.8) is 0 Å². The van der Waals surface area contributed by atoms with Crippen LogP contribution in [-0.2, 0) is 12.8 Å². The summed E-state index contributed by atoms with van der Waals surface area (Å²) in [4.78, 5) is 16.0. The van der Waals surface area contributed by atoms with Crippen LogP contribution >= 0.6 is 0 Å². The van der Waals surface area contributed by atoms with Gasteiger partial charge in [0.1, 0.15) is 6.33 Å². The van der Waals surface area contributed by atoms with Crippen LogP contribution in [0.1, 0.15) is 23.0 Å². The van der Waals surface area contributed by atoms with Gasteiger partial charge in [0, 0.05) is 6.20 Å². The summed E-state index contributed by atoms with van der Waals surface area (Å²) in [6, 6.07) is 9.73. The van der Waals surface area contributed by atoms with Gasteiger partial charge in [0.05, 0.1) is 12.1 Å². The molecule has 1 aromatic carbocycles. The summed E-state index contributed by atoms with van der Waals surface area (Å²) in [5, 5.41) is 0. The lowest BCUT2D eigenvalue weighted by atomic mass is 10.1. The van der Waals surface area contributed by atoms with Crippen LogP contribution in [0.2, 0.25) is 0 Å². The van der Waals surface area contributed by atoms with E-state index in [4.69, 9.17) is 0 Å². The van der Waals surface area contributed by atoms with E-state index in [1.807, 2.05) is 37.3 Å². The number of hydrogen-bond acceptors (Lipinski definition) is 2. The minimum absolute atomic E-state index is 0.0541. The smallest absolute Gasteiger partial charge is 0.236 e. The Hall–Kier alpha value is -1.90. The minimum atomic E-state index is 0.0541. The number of rotatable bonds is 3. The summed E-state index contributed by atoms with van der Waals surface area (Å²) >= 11 is 0. The molecule has 0 N–H and O–H groups in total. The summed E-state index contributed by atoms with van der Waals surface area (Å²) in [5.41, 5.74) is 1.97. The van der Waals surface area contributed by atoms with Crippen LogP contribution in [0, 0.1) is 0 Å². The molecule has 0 aliphatic heterocycles. The summed E-state index contributed by atoms with van der Waals surface area (Å²) in [7, 11) is 0. The van der Waals surface area contributed by atoms with Gasteiger partial charge in [-0.25, -0.2) is 4.98 Å². The van der Waals surface area contributed by atoms with Gasteiger partial charge in [0.2, 0.25) is 5.91 Å². The number of carbonyl (C=O) groups excluding carboxylic acids is 1. The second kappa shape index (κ2) is 4.75. The van der Waals surface area contributed by atoms with Crippen molar-refractivity contribution in [2.45, 2.75) is 19.8 Å². The topological polar surface area (TPSA) is 34.9 Å². The van der Waals surface area contributed by atoms with E-state index in [-0.39, 0.29) is 5.91 Å². The normalized spacial score (nSPS) is 10.3. The van der Waals surface area contributed by atoms with Crippen LogP contribution in [0.5, 0.6) is 0 Å². The Morgan fingerprint density at radius 3 is 2.69 bits per heavy atom. The molecule has 0 bridgehead atoms. The summed E-state index contributed by atoms with van der Waals surface area (Å²) in [5.74, 6) is 0.0541. The molecule has 1 heterocycles. The quantitative estimate of drug-likeness (QED) is 0.786. The zero-order chi connectivity index (χ0) is 11.4. The van der Waals surface area contributed by atoms with Crippen molar-refractivity contribution in [2.75, 3.05) is 0 Å². The molecule has 0 spiro atoms. The fourth-order valence-electron chi connectivity index (χ4n) is 1.54. The first-order valence-electron chi connectivity index (χ1n) is 5.39. The Morgan fingerprint density at radius 1 is 1.31 bits per heavy atom. The predicted molar refractivity (Wildman–Crippen MR) is 62.4 cm³/mol. The highest BCUT2D eigenvalue weighted by molar-refractivity contribution is 5.81. The van der Waals surface area contributed by atoms with Crippen molar-refractivity contribution >= 4 is 5.91 Å². The first-order valence-corrected chi connectivity index (χ1v) is 5.39. The van der Waals surface area contributed by atoms with Gasteiger partial charge in [-0.1, -0.05) is 37.3 Å². The molecule has 1 aromatic heterocycles. The van der Waals surface area contributed by atoms with Crippen LogP contribution in [0.3, 0.4) is 0 Å². The maximum Gasteiger partial charge on any atom is 0.236 e. The molecule has 3 nitrogen and oxygen atoms in total. The lowest BCUT2D eigenvalue weighted by Crippen LogP contribution is -2.11. The van der Waals surface area contributed by atoms with E-state index >= 15 is 0 Å². The SMILES string of the molecule is CCc1cn(C(=O)Cc2ccccc2)cn1. The van der Waals surface area contributed by atoms with Crippen molar-refractivity contribution in [3.05, 3.63) is 54.1 Å². The molecule has 2 aromatic rings. The molecule has 2 rings (SSSR count). The van der Waals surface area contributed by atoms with E-state index in [1.54, 1.807) is 17.1 Å². The fraction of sp³-hybridized carbons (Fsp3) is 0.231. The predicted octanol–water partition coefficient (Wildman–Crippen LogP) is 2.33. The van der Waals surface area contributed by atoms with Gasteiger partial charge in [0.15, 0.2) is 0 Å². The molecule has 0 fully saturated rings. The molecule has 16 heavy (non-hydrogen) atoms. The molecule has 0 radical (unpaired) electrons. The maximum atomic E-state index is 11.9. The van der Waals surface area contributed by atoms with Crippen molar-refractivity contribution in [2.24, 2.45) is 0 Å². The Labute approximate surface area is 94.7 Å². The maximum absolute atomic E-state index is 11.9. The van der Waals surface area contributed by atoms with Gasteiger partial charge in [-0.2, -0.15) is 0 Å². The highest BCUT2D eigenvalue weighted by atomic mass is 16.2. The van der Waals surface area contributed by atoms with E-state index in [0.29, 0.717) is 6.42 Å². The Balaban J connectivity index is 2.09. The number of aromatic nitrogens is 2. The van der Waals surface area contributed by atoms with Gasteiger partial charge >= 0.3 is 0 Å². The molecule has 0 saturated heterocycles. The molecular weight excluding hydrogens is 200 g/mol. The Bertz CT molecular complexity index is 474. The van der Waals surface area contributed by atoms with E-state index in [1.165, 1.54) is 0 Å². The fourth-order valence-corrected chi connectivity index (χ4v) is 1.54. The minimum Gasteiger partial charge on any atom is -0.276 e. The molecule has 0 aliphatic carbocycles. The second-order valence-corrected chi connectivity index (χ2v) is 3.68. The third kappa shape index (κ3) is 2.37. The molecule has 0 saturated carbocycles. The third-order valence-electron chi connectivity index (χ3n) is 2.48. The van der Waals surface area contributed by atoms with Gasteiger partial charge in [-0.3, -0.25) is 9.36 Å². The van der Waals surface area contributed by atoms with Crippen molar-refractivity contribution in [1.29, 1.82) is 0 Å². The number of carbonyl (C=O) groups is 1. The standard InChI is InChI=1S/C13H14N2O/c1-2-12-9-15(10-14-12)13(16)8-11-6-4-3-5-7-11/h3-7,9-10H,2,8H2,1H3. The zero-order valence-corrected chi connectivity index (χ0v) is 9.26. The number of hydrogen-bond donors (Lipinski definition) is 0. The molecule has 0 aliphatic rings. The molecular formula is C13H14N2O. The summed E-state index contributed by atoms with van der Waals surface area (Å²) in [6.45, 7) is 2.02. The summed E-state index contributed by atoms with van der Waals surface area (Å²) in [6.07, 6.45) is 4.65. The molecule has 0 atom stereocenters. The number of nitrogens with zero attached hydrogens (tertiary/aromatic N) is 2. The number of aryl methyl sites for hydroxylation is 1. The number of imidazole rings is 1. The Morgan fingerprint density at radius 2 is 2.06 bits per heavy atom. The molecule has 3 heteroatoms. The monoisotopic (exact) mass is 214 g/mol. The second-order valence-electron chi connectivity index (χ2n) is 3.68. The highest BCUT2D eigenvalue weighted by Crippen LogP contribution is 2.03. The Kier molecular flexibility index (Phi) is 3.15. The summed E-state index contributed by atoms with van der Waals surface area (Å²) < 4.78 is 1.56. The first kappa shape index (κ1) is 10.6. The molecule has 82 valence electrons. The lowest BCUT2D eigenvalue weighted by Gasteiger charge is -2.00.